The molecule has 0 aromatic carbocycles. The van der Waals surface area contributed by atoms with E-state index in [-0.39, 0.29) is 0 Å². The Kier molecular flexibility index (Phi) is 27.6. The number of rotatable bonds is 27. The highest BCUT2D eigenvalue weighted by Gasteiger charge is 2.06. The maximum absolute atomic E-state index is 5.83. The standard InChI is InChI=1S/C26H52O4P2/c1-5-9-11-19-23-27-31(7-3)29-25-21-17-15-13-14-16-18-22-26-30-32(8-4)28-24-20-12-10-6-2/h7-8H,3-6,9-26H2,1-2H3. The molecule has 0 aliphatic carbocycles. The molecular formula is C26H52O4P2. The van der Waals surface area contributed by atoms with Gasteiger partial charge in [0, 0.05) is 0 Å². The van der Waals surface area contributed by atoms with Crippen LogP contribution in [0.5, 0.6) is 0 Å². The van der Waals surface area contributed by atoms with Crippen LogP contribution in [0.3, 0.4) is 0 Å². The van der Waals surface area contributed by atoms with Crippen LogP contribution in [0.25, 0.3) is 0 Å². The summed E-state index contributed by atoms with van der Waals surface area (Å²) < 4.78 is 23.2. The number of unbranched alkanes of at least 4 members (excludes halogenated alkanes) is 13. The van der Waals surface area contributed by atoms with Gasteiger partial charge < -0.3 is 18.1 Å². The Morgan fingerprint density at radius 3 is 0.938 bits per heavy atom. The molecule has 0 saturated carbocycles. The molecule has 0 radical (unpaired) electrons. The quantitative estimate of drug-likeness (QED) is 0.0847. The molecule has 0 aromatic heterocycles. The van der Waals surface area contributed by atoms with Crippen molar-refractivity contribution < 1.29 is 18.1 Å². The minimum atomic E-state index is -0.890. The maximum Gasteiger partial charge on any atom is 0.196 e. The molecule has 190 valence electrons. The minimum absolute atomic E-state index is 0.789. The van der Waals surface area contributed by atoms with Crippen LogP contribution in [0.2, 0.25) is 0 Å². The fourth-order valence-corrected chi connectivity index (χ4v) is 5.03. The van der Waals surface area contributed by atoms with Crippen molar-refractivity contribution in [3.05, 3.63) is 24.8 Å². The van der Waals surface area contributed by atoms with Gasteiger partial charge in [0.2, 0.25) is 0 Å². The van der Waals surface area contributed by atoms with Gasteiger partial charge in [-0.1, -0.05) is 104 Å². The largest absolute Gasteiger partial charge is 0.331 e. The lowest BCUT2D eigenvalue weighted by Crippen LogP contribution is -1.95. The fraction of sp³-hybridized carbons (Fsp3) is 0.846. The summed E-state index contributed by atoms with van der Waals surface area (Å²) in [5.41, 5.74) is 0. The second-order valence-corrected chi connectivity index (χ2v) is 11.1. The molecule has 2 atom stereocenters. The molecule has 0 heterocycles. The van der Waals surface area contributed by atoms with E-state index >= 15 is 0 Å². The zero-order valence-electron chi connectivity index (χ0n) is 21.2. The summed E-state index contributed by atoms with van der Waals surface area (Å²) in [6.07, 6.45) is 19.7. The summed E-state index contributed by atoms with van der Waals surface area (Å²) >= 11 is 0. The topological polar surface area (TPSA) is 36.9 Å². The van der Waals surface area contributed by atoms with Gasteiger partial charge in [0.1, 0.15) is 0 Å². The molecule has 0 saturated heterocycles. The molecule has 4 nitrogen and oxygen atoms in total. The molecule has 0 N–H and O–H groups in total. The average Bonchev–Trinajstić information content (AvgIpc) is 2.81. The molecular weight excluding hydrogens is 438 g/mol. The monoisotopic (exact) mass is 490 g/mol. The first-order valence-electron chi connectivity index (χ1n) is 13.1. The molecule has 0 amide bonds. The van der Waals surface area contributed by atoms with E-state index in [9.17, 15) is 0 Å². The number of hydrogen-bond acceptors (Lipinski definition) is 4. The molecule has 0 rings (SSSR count). The van der Waals surface area contributed by atoms with Crippen LogP contribution < -0.4 is 0 Å². The fourth-order valence-electron chi connectivity index (χ4n) is 3.23. The van der Waals surface area contributed by atoms with Gasteiger partial charge in [0.05, 0.1) is 26.4 Å². The lowest BCUT2D eigenvalue weighted by atomic mass is 10.1. The zero-order chi connectivity index (χ0) is 23.5. The second-order valence-electron chi connectivity index (χ2n) is 8.22. The molecule has 0 fully saturated rings. The second kappa shape index (κ2) is 27.4. The highest BCUT2D eigenvalue weighted by molar-refractivity contribution is 7.50. The van der Waals surface area contributed by atoms with Crippen LogP contribution in [0.4, 0.5) is 0 Å². The van der Waals surface area contributed by atoms with E-state index in [1.54, 1.807) is 0 Å². The summed E-state index contributed by atoms with van der Waals surface area (Å²) in [6, 6.07) is 0. The van der Waals surface area contributed by atoms with Gasteiger partial charge in [0.25, 0.3) is 0 Å². The van der Waals surface area contributed by atoms with Crippen LogP contribution in [-0.2, 0) is 18.1 Å². The van der Waals surface area contributed by atoms with E-state index in [4.69, 9.17) is 18.1 Å². The van der Waals surface area contributed by atoms with Crippen molar-refractivity contribution >= 4 is 16.8 Å². The van der Waals surface area contributed by atoms with E-state index in [0.717, 1.165) is 52.1 Å². The summed E-state index contributed by atoms with van der Waals surface area (Å²) in [5, 5.41) is 0. The van der Waals surface area contributed by atoms with Crippen molar-refractivity contribution in [3.63, 3.8) is 0 Å². The molecule has 32 heavy (non-hydrogen) atoms. The molecule has 0 bridgehead atoms. The Hall–Kier alpha value is 0.180. The van der Waals surface area contributed by atoms with Crippen LogP contribution in [0.15, 0.2) is 24.8 Å². The SMILES string of the molecule is C=CP(OCCCCCC)OCCCCCCCCCCOP(C=C)OCCCCCC. The average molecular weight is 491 g/mol. The lowest BCUT2D eigenvalue weighted by molar-refractivity contribution is 0.245. The highest BCUT2D eigenvalue weighted by atomic mass is 31.2. The van der Waals surface area contributed by atoms with Gasteiger partial charge >= 0.3 is 0 Å². The van der Waals surface area contributed by atoms with Gasteiger partial charge in [-0.15, -0.1) is 0 Å². The van der Waals surface area contributed by atoms with E-state index < -0.39 is 16.8 Å². The first-order valence-corrected chi connectivity index (χ1v) is 15.6. The highest BCUT2D eigenvalue weighted by Crippen LogP contribution is 2.40. The van der Waals surface area contributed by atoms with Crippen LogP contribution in [0, 0.1) is 0 Å². The summed E-state index contributed by atoms with van der Waals surface area (Å²) in [4.78, 5) is 0. The molecule has 6 heteroatoms. The summed E-state index contributed by atoms with van der Waals surface area (Å²) in [5.74, 6) is 3.66. The zero-order valence-corrected chi connectivity index (χ0v) is 23.0. The Balaban J connectivity index is 3.38. The molecule has 0 aromatic rings. The Bertz CT molecular complexity index is 360. The normalized spacial score (nSPS) is 13.2. The van der Waals surface area contributed by atoms with Gasteiger partial charge in [-0.2, -0.15) is 0 Å². The molecule has 0 aliphatic heterocycles. The van der Waals surface area contributed by atoms with Crippen molar-refractivity contribution in [1.82, 2.24) is 0 Å². The van der Waals surface area contributed by atoms with Gasteiger partial charge in [-0.3, -0.25) is 0 Å². The third-order valence-corrected chi connectivity index (χ3v) is 7.55. The van der Waals surface area contributed by atoms with Crippen molar-refractivity contribution in [1.29, 1.82) is 0 Å². The summed E-state index contributed by atoms with van der Waals surface area (Å²) in [6.45, 7) is 15.3. The van der Waals surface area contributed by atoms with Crippen molar-refractivity contribution in [3.8, 4) is 0 Å². The van der Waals surface area contributed by atoms with Crippen LogP contribution >= 0.6 is 16.8 Å². The molecule has 0 spiro atoms. The van der Waals surface area contributed by atoms with Crippen molar-refractivity contribution in [2.24, 2.45) is 0 Å². The summed E-state index contributed by atoms with van der Waals surface area (Å²) in [7, 11) is -1.78. The third-order valence-electron chi connectivity index (χ3n) is 5.21. The first-order chi connectivity index (χ1) is 15.8. The van der Waals surface area contributed by atoms with Gasteiger partial charge in [-0.05, 0) is 37.3 Å². The predicted molar refractivity (Wildman–Crippen MR) is 143 cm³/mol. The van der Waals surface area contributed by atoms with E-state index in [2.05, 4.69) is 27.0 Å². The van der Waals surface area contributed by atoms with Crippen LogP contribution in [-0.4, -0.2) is 26.4 Å². The molecule has 2 unspecified atom stereocenters. The predicted octanol–water partition coefficient (Wildman–Crippen LogP) is 10.2. The van der Waals surface area contributed by atoms with Crippen molar-refractivity contribution in [2.75, 3.05) is 26.4 Å². The van der Waals surface area contributed by atoms with Crippen molar-refractivity contribution in [2.45, 2.75) is 117 Å². The lowest BCUT2D eigenvalue weighted by Gasteiger charge is -2.13. The Morgan fingerprint density at radius 1 is 0.438 bits per heavy atom. The van der Waals surface area contributed by atoms with Gasteiger partial charge in [-0.25, -0.2) is 0 Å². The number of hydrogen-bond donors (Lipinski definition) is 0. The minimum Gasteiger partial charge on any atom is -0.331 e. The van der Waals surface area contributed by atoms with E-state index in [0.29, 0.717) is 0 Å². The Morgan fingerprint density at radius 2 is 0.688 bits per heavy atom. The first kappa shape index (κ1) is 32.2. The maximum atomic E-state index is 5.83. The Labute approximate surface area is 202 Å². The smallest absolute Gasteiger partial charge is 0.196 e. The third kappa shape index (κ3) is 23.3. The van der Waals surface area contributed by atoms with Crippen LogP contribution in [0.1, 0.15) is 117 Å². The van der Waals surface area contributed by atoms with Gasteiger partial charge in [0.15, 0.2) is 16.8 Å². The van der Waals surface area contributed by atoms with E-state index in [1.165, 1.54) is 77.0 Å². The van der Waals surface area contributed by atoms with E-state index in [1.807, 2.05) is 11.6 Å². The molecule has 0 aliphatic rings.